The van der Waals surface area contributed by atoms with E-state index in [2.05, 4.69) is 25.3 Å². The Hall–Kier alpha value is -1.81. The first-order valence-corrected chi connectivity index (χ1v) is 9.61. The van der Waals surface area contributed by atoms with Gasteiger partial charge in [-0.15, -0.1) is 0 Å². The zero-order chi connectivity index (χ0) is 18.6. The van der Waals surface area contributed by atoms with Gasteiger partial charge in [0.1, 0.15) is 5.82 Å². The number of pyridine rings is 1. The second-order valence-corrected chi connectivity index (χ2v) is 6.94. The molecule has 2 heterocycles. The van der Waals surface area contributed by atoms with E-state index in [0.29, 0.717) is 16.5 Å². The van der Waals surface area contributed by atoms with Crippen molar-refractivity contribution in [2.75, 3.05) is 0 Å². The molecular formula is C20H29ClN3O+. The van der Waals surface area contributed by atoms with Gasteiger partial charge in [0.15, 0.2) is 5.52 Å². The summed E-state index contributed by atoms with van der Waals surface area (Å²) in [7, 11) is 0. The van der Waals surface area contributed by atoms with E-state index in [9.17, 15) is 5.21 Å². The van der Waals surface area contributed by atoms with Gasteiger partial charge in [0, 0.05) is 28.8 Å². The predicted molar refractivity (Wildman–Crippen MR) is 104 cm³/mol. The number of hydrogen-bond donors (Lipinski definition) is 1. The molecule has 25 heavy (non-hydrogen) atoms. The van der Waals surface area contributed by atoms with Crippen LogP contribution in [0.15, 0.2) is 24.4 Å². The second kappa shape index (κ2) is 8.52. The van der Waals surface area contributed by atoms with E-state index in [1.165, 1.54) is 0 Å². The number of aromatic nitrogens is 3. The number of aryl methyl sites for hydroxylation is 1. The number of nitrogens with zero attached hydrogens (tertiary/aromatic N) is 3. The molecule has 136 valence electrons. The zero-order valence-electron chi connectivity index (χ0n) is 15.9. The lowest BCUT2D eigenvalue weighted by Crippen LogP contribution is -2.30. The fraction of sp³-hybridized carbons (Fsp3) is 0.500. The largest absolute Gasteiger partial charge is 0.327 e. The summed E-state index contributed by atoms with van der Waals surface area (Å²) in [6, 6.07) is 5.62. The van der Waals surface area contributed by atoms with Crippen LogP contribution in [0, 0.1) is 5.92 Å². The van der Waals surface area contributed by atoms with Crippen LogP contribution in [-0.2, 0) is 13.0 Å². The molecule has 3 aromatic rings. The molecule has 0 amide bonds. The third-order valence-corrected chi connectivity index (χ3v) is 4.32. The van der Waals surface area contributed by atoms with Crippen LogP contribution in [0.1, 0.15) is 53.3 Å². The molecule has 1 N–H and O–H groups in total. The minimum absolute atomic E-state index is 0.525. The number of fused-ring (bicyclic) bond motifs is 3. The molecule has 0 unspecified atom stereocenters. The Bertz CT molecular complexity index is 855. The third kappa shape index (κ3) is 4.06. The predicted octanol–water partition coefficient (Wildman–Crippen LogP) is 5.39. The van der Waals surface area contributed by atoms with Crippen LogP contribution in [0.4, 0.5) is 0 Å². The second-order valence-electron chi connectivity index (χ2n) is 6.51. The van der Waals surface area contributed by atoms with Crippen LogP contribution in [0.5, 0.6) is 0 Å². The van der Waals surface area contributed by atoms with Crippen LogP contribution in [-0.4, -0.2) is 14.8 Å². The highest BCUT2D eigenvalue weighted by molar-refractivity contribution is 6.31. The van der Waals surface area contributed by atoms with Crippen molar-refractivity contribution in [3.8, 4) is 0 Å². The molecule has 0 bridgehead atoms. The lowest BCUT2D eigenvalue weighted by Gasteiger charge is -2.12. The monoisotopic (exact) mass is 362 g/mol. The summed E-state index contributed by atoms with van der Waals surface area (Å²) in [6.45, 7) is 11.5. The first-order chi connectivity index (χ1) is 12.0. The van der Waals surface area contributed by atoms with E-state index in [1.807, 2.05) is 26.0 Å². The summed E-state index contributed by atoms with van der Waals surface area (Å²) in [6.07, 6.45) is 4.89. The molecule has 0 saturated heterocycles. The smallest absolute Gasteiger partial charge is 0.268 e. The molecule has 0 aliphatic carbocycles. The first kappa shape index (κ1) is 19.5. The maximum absolute atomic E-state index is 10.3. The molecule has 0 fully saturated rings. The van der Waals surface area contributed by atoms with Gasteiger partial charge in [0.05, 0.1) is 10.9 Å². The molecule has 3 rings (SSSR count). The fourth-order valence-electron chi connectivity index (χ4n) is 3.06. The van der Waals surface area contributed by atoms with Crippen molar-refractivity contribution in [3.05, 3.63) is 35.2 Å². The molecule has 4 nitrogen and oxygen atoms in total. The molecule has 0 atom stereocenters. The average Bonchev–Trinajstić information content (AvgIpc) is 2.91. The Kier molecular flexibility index (Phi) is 6.65. The lowest BCUT2D eigenvalue weighted by molar-refractivity contribution is -0.883. The number of benzene rings is 1. The van der Waals surface area contributed by atoms with Crippen LogP contribution in [0.2, 0.25) is 5.02 Å². The topological polar surface area (TPSA) is 41.9 Å². The minimum Gasteiger partial charge on any atom is -0.327 e. The molecule has 0 spiro atoms. The first-order valence-electron chi connectivity index (χ1n) is 9.23. The number of imidazole rings is 1. The van der Waals surface area contributed by atoms with Crippen LogP contribution in [0.25, 0.3) is 21.9 Å². The highest BCUT2D eigenvalue weighted by Gasteiger charge is 2.21. The summed E-state index contributed by atoms with van der Waals surface area (Å²) < 4.78 is 3.44. The van der Waals surface area contributed by atoms with Gasteiger partial charge in [-0.05, 0) is 24.5 Å². The van der Waals surface area contributed by atoms with Gasteiger partial charge in [0.25, 0.3) is 11.7 Å². The summed E-state index contributed by atoms with van der Waals surface area (Å²) >= 11 is 6.09. The van der Waals surface area contributed by atoms with Gasteiger partial charge < -0.3 is 4.57 Å². The number of halogens is 1. The standard InChI is InChI=1S/C18H23ClN3O.C2H6/c1-4-5-6-17-20-15-11-22(23)16-9-13(19)7-8-14(16)18(15)21(17)10-12(2)3;1-2/h7-9,11-12,23H,4-6,10H2,1-3H3;1-2H3/q+1;. The Morgan fingerprint density at radius 2 is 2.00 bits per heavy atom. The van der Waals surface area contributed by atoms with Gasteiger partial charge >= 0.3 is 0 Å². The van der Waals surface area contributed by atoms with Crippen LogP contribution >= 0.6 is 11.6 Å². The van der Waals surface area contributed by atoms with Gasteiger partial charge in [-0.1, -0.05) is 52.6 Å². The molecule has 1 aromatic carbocycles. The number of hydrogen-bond acceptors (Lipinski definition) is 2. The van der Waals surface area contributed by atoms with Gasteiger partial charge in [-0.2, -0.15) is 0 Å². The Labute approximate surface area is 155 Å². The highest BCUT2D eigenvalue weighted by Crippen LogP contribution is 2.27. The van der Waals surface area contributed by atoms with Crippen LogP contribution < -0.4 is 4.73 Å². The van der Waals surface area contributed by atoms with Crippen molar-refractivity contribution >= 4 is 33.5 Å². The normalized spacial score (nSPS) is 11.2. The summed E-state index contributed by atoms with van der Waals surface area (Å²) in [5.41, 5.74) is 2.62. The molecule has 0 aliphatic heterocycles. The van der Waals surface area contributed by atoms with E-state index < -0.39 is 0 Å². The average molecular weight is 363 g/mol. The van der Waals surface area contributed by atoms with Crippen molar-refractivity contribution in [1.29, 1.82) is 0 Å². The highest BCUT2D eigenvalue weighted by atomic mass is 35.5. The molecule has 0 saturated carbocycles. The van der Waals surface area contributed by atoms with Crippen molar-refractivity contribution in [3.63, 3.8) is 0 Å². The Morgan fingerprint density at radius 1 is 1.28 bits per heavy atom. The molecule has 0 aliphatic rings. The number of rotatable bonds is 5. The third-order valence-electron chi connectivity index (χ3n) is 4.08. The van der Waals surface area contributed by atoms with Crippen LogP contribution in [0.3, 0.4) is 0 Å². The maximum Gasteiger partial charge on any atom is 0.268 e. The van der Waals surface area contributed by atoms with E-state index in [0.717, 1.165) is 52.8 Å². The van der Waals surface area contributed by atoms with E-state index in [1.54, 1.807) is 12.3 Å². The summed E-state index contributed by atoms with van der Waals surface area (Å²) in [5.74, 6) is 1.62. The Balaban J connectivity index is 0.00000109. The molecule has 2 aromatic heterocycles. The number of unbranched alkanes of at least 4 members (excludes halogenated alkanes) is 1. The van der Waals surface area contributed by atoms with Crippen molar-refractivity contribution < 1.29 is 9.94 Å². The van der Waals surface area contributed by atoms with Crippen molar-refractivity contribution in [2.24, 2.45) is 5.92 Å². The zero-order valence-corrected chi connectivity index (χ0v) is 16.6. The SMILES string of the molecule is CC.CCCCc1nc2c[n+](O)c3cc(Cl)ccc3c2n1CC(C)C. The quantitative estimate of drug-likeness (QED) is 0.488. The van der Waals surface area contributed by atoms with Crippen molar-refractivity contribution in [1.82, 2.24) is 9.55 Å². The summed E-state index contributed by atoms with van der Waals surface area (Å²) in [5, 5.41) is 11.8. The Morgan fingerprint density at radius 3 is 2.64 bits per heavy atom. The minimum atomic E-state index is 0.525. The molecule has 0 radical (unpaired) electrons. The van der Waals surface area contributed by atoms with Crippen molar-refractivity contribution in [2.45, 2.75) is 60.4 Å². The fourth-order valence-corrected chi connectivity index (χ4v) is 3.23. The summed E-state index contributed by atoms with van der Waals surface area (Å²) in [4.78, 5) is 4.79. The van der Waals surface area contributed by atoms with E-state index >= 15 is 0 Å². The van der Waals surface area contributed by atoms with Gasteiger partial charge in [-0.25, -0.2) is 4.98 Å². The van der Waals surface area contributed by atoms with Gasteiger partial charge in [0.2, 0.25) is 0 Å². The molecule has 5 heteroatoms. The van der Waals surface area contributed by atoms with Gasteiger partial charge in [-0.3, -0.25) is 5.21 Å². The molecular weight excluding hydrogens is 334 g/mol. The maximum atomic E-state index is 10.3. The van der Waals surface area contributed by atoms with E-state index in [-0.39, 0.29) is 0 Å². The lowest BCUT2D eigenvalue weighted by atomic mass is 10.1. The van der Waals surface area contributed by atoms with E-state index in [4.69, 9.17) is 16.6 Å².